The van der Waals surface area contributed by atoms with Crippen molar-refractivity contribution in [1.29, 1.82) is 5.26 Å². The zero-order chi connectivity index (χ0) is 17.5. The van der Waals surface area contributed by atoms with Crippen LogP contribution in [0.2, 0.25) is 0 Å². The summed E-state index contributed by atoms with van der Waals surface area (Å²) in [5.74, 6) is 1.66. The van der Waals surface area contributed by atoms with E-state index in [2.05, 4.69) is 43.2 Å². The minimum atomic E-state index is 0.0691. The number of hydrogen-bond donors (Lipinski definition) is 1. The molecule has 0 saturated heterocycles. The van der Waals surface area contributed by atoms with Gasteiger partial charge in [0.05, 0.1) is 18.3 Å². The number of rotatable bonds is 6. The second-order valence-corrected chi connectivity index (χ2v) is 7.08. The first-order chi connectivity index (χ1) is 11.5. The van der Waals surface area contributed by atoms with Gasteiger partial charge in [-0.05, 0) is 49.1 Å². The van der Waals surface area contributed by atoms with Crippen LogP contribution in [0.4, 0.5) is 0 Å². The molecule has 0 aromatic carbocycles. The molecule has 2 rings (SSSR count). The van der Waals surface area contributed by atoms with Crippen molar-refractivity contribution in [3.63, 3.8) is 0 Å². The molecule has 1 amide bonds. The van der Waals surface area contributed by atoms with Gasteiger partial charge in [0.2, 0.25) is 5.91 Å². The molecule has 3 unspecified atom stereocenters. The predicted molar refractivity (Wildman–Crippen MR) is 94.6 cm³/mol. The Labute approximate surface area is 145 Å². The Bertz CT molecular complexity index is 616. The second kappa shape index (κ2) is 8.63. The number of carbonyl (C=O) groups is 1. The lowest BCUT2D eigenvalue weighted by Crippen LogP contribution is -2.31. The first-order valence-electron chi connectivity index (χ1n) is 8.73. The van der Waals surface area contributed by atoms with Crippen LogP contribution in [0.5, 0.6) is 0 Å². The van der Waals surface area contributed by atoms with E-state index in [9.17, 15) is 4.79 Å². The van der Waals surface area contributed by atoms with Crippen molar-refractivity contribution in [1.82, 2.24) is 10.3 Å². The minimum Gasteiger partial charge on any atom is -0.350 e. The molecule has 4 heteroatoms. The van der Waals surface area contributed by atoms with Crippen LogP contribution in [0.25, 0.3) is 0 Å². The van der Waals surface area contributed by atoms with E-state index in [0.29, 0.717) is 37.1 Å². The average molecular weight is 325 g/mol. The van der Waals surface area contributed by atoms with Crippen molar-refractivity contribution in [3.05, 3.63) is 41.7 Å². The van der Waals surface area contributed by atoms with Crippen LogP contribution < -0.4 is 5.32 Å². The summed E-state index contributed by atoms with van der Waals surface area (Å²) in [4.78, 5) is 16.5. The zero-order valence-corrected chi connectivity index (χ0v) is 14.8. The number of aromatic nitrogens is 1. The normalized spacial score (nSPS) is 23.5. The Balaban J connectivity index is 1.94. The highest BCUT2D eigenvalue weighted by Gasteiger charge is 2.32. The van der Waals surface area contributed by atoms with Gasteiger partial charge >= 0.3 is 0 Å². The smallest absolute Gasteiger partial charge is 0.220 e. The Morgan fingerprint density at radius 1 is 1.46 bits per heavy atom. The van der Waals surface area contributed by atoms with E-state index in [1.807, 2.05) is 18.2 Å². The summed E-state index contributed by atoms with van der Waals surface area (Å²) >= 11 is 0. The highest BCUT2D eigenvalue weighted by Crippen LogP contribution is 2.40. The van der Waals surface area contributed by atoms with Gasteiger partial charge in [-0.1, -0.05) is 31.6 Å². The maximum atomic E-state index is 12.3. The van der Waals surface area contributed by atoms with E-state index in [1.54, 1.807) is 6.20 Å². The van der Waals surface area contributed by atoms with Gasteiger partial charge in [0, 0.05) is 19.0 Å². The fourth-order valence-electron chi connectivity index (χ4n) is 3.60. The Morgan fingerprint density at radius 2 is 2.25 bits per heavy atom. The van der Waals surface area contributed by atoms with Crippen molar-refractivity contribution in [2.45, 2.75) is 46.6 Å². The summed E-state index contributed by atoms with van der Waals surface area (Å²) in [5.41, 5.74) is 2.12. The lowest BCUT2D eigenvalue weighted by molar-refractivity contribution is -0.122. The molecule has 1 aromatic rings. The van der Waals surface area contributed by atoms with Crippen LogP contribution >= 0.6 is 0 Å². The Kier molecular flexibility index (Phi) is 6.54. The van der Waals surface area contributed by atoms with Crippen LogP contribution in [0.15, 0.2) is 36.0 Å². The monoisotopic (exact) mass is 325 g/mol. The predicted octanol–water partition coefficient (Wildman–Crippen LogP) is 3.86. The number of nitrogens with zero attached hydrogens (tertiary/aromatic N) is 2. The van der Waals surface area contributed by atoms with Crippen LogP contribution in [0.3, 0.4) is 0 Å². The molecule has 0 fully saturated rings. The molecule has 0 bridgehead atoms. The summed E-state index contributed by atoms with van der Waals surface area (Å²) < 4.78 is 0. The van der Waals surface area contributed by atoms with Gasteiger partial charge in [0.15, 0.2) is 0 Å². The van der Waals surface area contributed by atoms with Gasteiger partial charge in [0.1, 0.15) is 0 Å². The molecule has 0 saturated carbocycles. The first kappa shape index (κ1) is 18.2. The molecule has 4 nitrogen and oxygen atoms in total. The maximum Gasteiger partial charge on any atom is 0.220 e. The van der Waals surface area contributed by atoms with E-state index in [-0.39, 0.29) is 11.8 Å². The number of nitriles is 1. The molecular formula is C20H27N3O. The summed E-state index contributed by atoms with van der Waals surface area (Å²) in [7, 11) is 0. The highest BCUT2D eigenvalue weighted by molar-refractivity contribution is 5.76. The van der Waals surface area contributed by atoms with Crippen molar-refractivity contribution in [2.24, 2.45) is 23.7 Å². The lowest BCUT2D eigenvalue weighted by atomic mass is 9.69. The number of pyridine rings is 1. The van der Waals surface area contributed by atoms with Crippen LogP contribution in [0.1, 0.15) is 45.7 Å². The van der Waals surface area contributed by atoms with Gasteiger partial charge in [-0.15, -0.1) is 0 Å². The van der Waals surface area contributed by atoms with Gasteiger partial charge in [-0.2, -0.15) is 5.26 Å². The number of nitrogens with one attached hydrogen (secondary N) is 1. The van der Waals surface area contributed by atoms with Gasteiger partial charge in [-0.25, -0.2) is 0 Å². The maximum absolute atomic E-state index is 12.3. The largest absolute Gasteiger partial charge is 0.350 e. The Morgan fingerprint density at radius 3 is 2.88 bits per heavy atom. The standard InChI is InChI=1S/C20H27N3O/c1-14(2)19-11-17(15(3)10-16(19)7-8-21)12-20(24)23-13-18-6-4-5-9-22-18/h4-6,9-10,14,16-17,19H,7,11-13H2,1-3H3,(H,23,24). The Hall–Kier alpha value is -2.15. The molecule has 128 valence electrons. The molecule has 1 aliphatic rings. The van der Waals surface area contributed by atoms with Gasteiger partial charge in [-0.3, -0.25) is 9.78 Å². The highest BCUT2D eigenvalue weighted by atomic mass is 16.1. The fraction of sp³-hybridized carbons (Fsp3) is 0.550. The van der Waals surface area contributed by atoms with E-state index in [4.69, 9.17) is 5.26 Å². The molecule has 0 spiro atoms. The number of hydrogen-bond acceptors (Lipinski definition) is 3. The van der Waals surface area contributed by atoms with Crippen molar-refractivity contribution in [2.75, 3.05) is 0 Å². The second-order valence-electron chi connectivity index (χ2n) is 7.08. The van der Waals surface area contributed by atoms with Gasteiger partial charge < -0.3 is 5.32 Å². The molecular weight excluding hydrogens is 298 g/mol. The summed E-state index contributed by atoms with van der Waals surface area (Å²) in [6, 6.07) is 8.00. The summed E-state index contributed by atoms with van der Waals surface area (Å²) in [6.45, 7) is 6.99. The van der Waals surface area contributed by atoms with Crippen molar-refractivity contribution < 1.29 is 4.79 Å². The molecule has 1 aliphatic carbocycles. The van der Waals surface area contributed by atoms with Crippen LogP contribution in [0, 0.1) is 35.0 Å². The molecule has 0 radical (unpaired) electrons. The fourth-order valence-corrected chi connectivity index (χ4v) is 3.60. The quantitative estimate of drug-likeness (QED) is 0.808. The molecule has 1 N–H and O–H groups in total. The lowest BCUT2D eigenvalue weighted by Gasteiger charge is -2.36. The third-order valence-corrected chi connectivity index (χ3v) is 5.04. The SMILES string of the molecule is CC1=CC(CC#N)C(C(C)C)CC1CC(=O)NCc1ccccn1. The van der Waals surface area contributed by atoms with E-state index >= 15 is 0 Å². The zero-order valence-electron chi connectivity index (χ0n) is 14.8. The molecule has 0 aliphatic heterocycles. The van der Waals surface area contributed by atoms with Crippen molar-refractivity contribution in [3.8, 4) is 6.07 Å². The number of amides is 1. The topological polar surface area (TPSA) is 65.8 Å². The third kappa shape index (κ3) is 4.92. The average Bonchev–Trinajstić information content (AvgIpc) is 2.56. The van der Waals surface area contributed by atoms with Gasteiger partial charge in [0.25, 0.3) is 0 Å². The van der Waals surface area contributed by atoms with Crippen molar-refractivity contribution >= 4 is 5.91 Å². The molecule has 1 aromatic heterocycles. The summed E-state index contributed by atoms with van der Waals surface area (Å²) in [5, 5.41) is 12.0. The number of carbonyl (C=O) groups excluding carboxylic acids is 1. The molecule has 24 heavy (non-hydrogen) atoms. The molecule has 1 heterocycles. The first-order valence-corrected chi connectivity index (χ1v) is 8.73. The van der Waals surface area contributed by atoms with Crippen LogP contribution in [-0.2, 0) is 11.3 Å². The minimum absolute atomic E-state index is 0.0691. The number of allylic oxidation sites excluding steroid dienone is 2. The third-order valence-electron chi connectivity index (χ3n) is 5.04. The summed E-state index contributed by atoms with van der Waals surface area (Å²) in [6.07, 6.45) is 6.03. The van der Waals surface area contributed by atoms with Crippen LogP contribution in [-0.4, -0.2) is 10.9 Å². The van der Waals surface area contributed by atoms with E-state index in [0.717, 1.165) is 12.1 Å². The molecule has 3 atom stereocenters. The van der Waals surface area contributed by atoms with E-state index < -0.39 is 0 Å². The van der Waals surface area contributed by atoms with E-state index in [1.165, 1.54) is 5.57 Å².